The van der Waals surface area contributed by atoms with E-state index in [0.29, 0.717) is 17.8 Å². The van der Waals surface area contributed by atoms with Gasteiger partial charge in [0, 0.05) is 23.9 Å². The summed E-state index contributed by atoms with van der Waals surface area (Å²) in [5.74, 6) is 0.119. The molecule has 5 nitrogen and oxygen atoms in total. The number of hydrogen-bond donors (Lipinski definition) is 0. The maximum atomic E-state index is 11.9. The minimum absolute atomic E-state index is 0.00415. The van der Waals surface area contributed by atoms with Gasteiger partial charge in [0.05, 0.1) is 7.11 Å². The molecule has 0 spiro atoms. The van der Waals surface area contributed by atoms with Crippen LogP contribution in [0.5, 0.6) is 0 Å². The van der Waals surface area contributed by atoms with Crippen LogP contribution in [0.15, 0.2) is 48.0 Å². The molecular weight excluding hydrogens is 282 g/mol. The van der Waals surface area contributed by atoms with Crippen molar-refractivity contribution in [1.29, 1.82) is 0 Å². The summed E-state index contributed by atoms with van der Waals surface area (Å²) in [6.45, 7) is 5.57. The zero-order valence-electron chi connectivity index (χ0n) is 13.3. The van der Waals surface area contributed by atoms with Gasteiger partial charge in [-0.25, -0.2) is 0 Å². The van der Waals surface area contributed by atoms with Gasteiger partial charge in [-0.15, -0.1) is 0 Å². The van der Waals surface area contributed by atoms with Crippen LogP contribution in [-0.2, 0) is 19.1 Å². The van der Waals surface area contributed by atoms with Gasteiger partial charge in [-0.05, 0) is 26.0 Å². The molecule has 0 bridgehead atoms. The number of ether oxygens (including phenoxy) is 2. The minimum atomic E-state index is -1.13. The molecule has 2 heterocycles. The maximum absolute atomic E-state index is 11.9. The van der Waals surface area contributed by atoms with Crippen molar-refractivity contribution in [3.8, 4) is 0 Å². The predicted molar refractivity (Wildman–Crippen MR) is 82.5 cm³/mol. The number of ketones is 1. The first-order valence-electron chi connectivity index (χ1n) is 7.20. The van der Waals surface area contributed by atoms with Crippen LogP contribution < -0.4 is 0 Å². The molecule has 2 aliphatic rings. The summed E-state index contributed by atoms with van der Waals surface area (Å²) in [5.41, 5.74) is -0.416. The molecule has 0 radical (unpaired) electrons. The molecule has 0 saturated carbocycles. The second-order valence-corrected chi connectivity index (χ2v) is 5.34. The molecule has 0 aromatic heterocycles. The number of methoxy groups -OCH3 is 1. The number of Topliss-reactive ketones (excluding diaryl/α,β-unsaturated/α-hetero) is 1. The first kappa shape index (κ1) is 16.1. The molecule has 0 aliphatic carbocycles. The van der Waals surface area contributed by atoms with E-state index in [9.17, 15) is 9.59 Å². The van der Waals surface area contributed by atoms with E-state index in [-0.39, 0.29) is 11.8 Å². The topological polar surface area (TPSA) is 55.8 Å². The summed E-state index contributed by atoms with van der Waals surface area (Å²) >= 11 is 0. The van der Waals surface area contributed by atoms with Crippen LogP contribution in [0.25, 0.3) is 0 Å². The van der Waals surface area contributed by atoms with Gasteiger partial charge in [0.2, 0.25) is 5.60 Å². The third kappa shape index (κ3) is 2.26. The quantitative estimate of drug-likeness (QED) is 0.557. The fraction of sp³-hybridized carbons (Fsp3) is 0.412. The molecule has 0 N–H and O–H groups in total. The van der Waals surface area contributed by atoms with Crippen molar-refractivity contribution in [2.45, 2.75) is 32.4 Å². The number of rotatable bonds is 6. The van der Waals surface area contributed by atoms with E-state index in [1.807, 2.05) is 49.4 Å². The van der Waals surface area contributed by atoms with Crippen molar-refractivity contribution >= 4 is 12.3 Å². The Balaban J connectivity index is 2.65. The Kier molecular flexibility index (Phi) is 4.54. The molecule has 3 atom stereocenters. The summed E-state index contributed by atoms with van der Waals surface area (Å²) in [5, 5.41) is 0. The van der Waals surface area contributed by atoms with E-state index in [2.05, 4.69) is 0 Å². The summed E-state index contributed by atoms with van der Waals surface area (Å²) in [6.07, 6.45) is 11.2. The SMILES string of the molecule is C/C=C(/OC)C1(OC=O)C(C(C)C(C)=O)=CN2C=CC=CC21. The Morgan fingerprint density at radius 1 is 1.45 bits per heavy atom. The number of nitrogens with zero attached hydrogens (tertiary/aromatic N) is 1. The van der Waals surface area contributed by atoms with Crippen molar-refractivity contribution in [3.63, 3.8) is 0 Å². The summed E-state index contributed by atoms with van der Waals surface area (Å²) in [7, 11) is 1.53. The molecule has 2 rings (SSSR count). The van der Waals surface area contributed by atoms with E-state index in [1.54, 1.807) is 6.08 Å². The van der Waals surface area contributed by atoms with Crippen molar-refractivity contribution in [1.82, 2.24) is 4.90 Å². The third-order valence-corrected chi connectivity index (χ3v) is 4.28. The normalized spacial score (nSPS) is 28.0. The van der Waals surface area contributed by atoms with Crippen LogP contribution >= 0.6 is 0 Å². The van der Waals surface area contributed by atoms with E-state index < -0.39 is 11.5 Å². The Morgan fingerprint density at radius 3 is 2.73 bits per heavy atom. The molecular formula is C17H21NO4. The molecule has 0 amide bonds. The average Bonchev–Trinajstić information content (AvgIpc) is 2.84. The van der Waals surface area contributed by atoms with Gasteiger partial charge in [-0.3, -0.25) is 9.59 Å². The highest BCUT2D eigenvalue weighted by molar-refractivity contribution is 5.82. The smallest absolute Gasteiger partial charge is 0.294 e. The monoisotopic (exact) mass is 303 g/mol. The zero-order valence-corrected chi connectivity index (χ0v) is 13.3. The second kappa shape index (κ2) is 6.22. The van der Waals surface area contributed by atoms with E-state index in [0.717, 1.165) is 0 Å². The van der Waals surface area contributed by atoms with Crippen molar-refractivity contribution < 1.29 is 19.1 Å². The molecule has 2 aliphatic heterocycles. The second-order valence-electron chi connectivity index (χ2n) is 5.34. The highest BCUT2D eigenvalue weighted by Crippen LogP contribution is 2.46. The lowest BCUT2D eigenvalue weighted by molar-refractivity contribution is -0.143. The molecule has 0 fully saturated rings. The largest absolute Gasteiger partial charge is 0.497 e. The van der Waals surface area contributed by atoms with Crippen molar-refractivity contribution in [3.05, 3.63) is 48.0 Å². The van der Waals surface area contributed by atoms with Crippen molar-refractivity contribution in [2.24, 2.45) is 5.92 Å². The molecule has 0 aromatic carbocycles. The average molecular weight is 303 g/mol. The highest BCUT2D eigenvalue weighted by atomic mass is 16.6. The Hall–Kier alpha value is -2.30. The zero-order chi connectivity index (χ0) is 16.3. The van der Waals surface area contributed by atoms with Crippen LogP contribution in [0.2, 0.25) is 0 Å². The van der Waals surface area contributed by atoms with Gasteiger partial charge >= 0.3 is 0 Å². The van der Waals surface area contributed by atoms with Crippen LogP contribution in [0.4, 0.5) is 0 Å². The van der Waals surface area contributed by atoms with E-state index >= 15 is 0 Å². The van der Waals surface area contributed by atoms with Crippen LogP contribution in [-0.4, -0.2) is 35.9 Å². The third-order valence-electron chi connectivity index (χ3n) is 4.28. The van der Waals surface area contributed by atoms with Crippen LogP contribution in [0.1, 0.15) is 20.8 Å². The summed E-state index contributed by atoms with van der Waals surface area (Å²) < 4.78 is 11.1. The number of carbonyl (C=O) groups excluding carboxylic acids is 2. The Labute approximate surface area is 130 Å². The number of allylic oxidation sites excluding steroid dienone is 3. The first-order valence-corrected chi connectivity index (χ1v) is 7.20. The molecule has 0 aromatic rings. The van der Waals surface area contributed by atoms with Gasteiger partial charge < -0.3 is 14.4 Å². The van der Waals surface area contributed by atoms with Gasteiger partial charge in [0.1, 0.15) is 17.6 Å². The fourth-order valence-corrected chi connectivity index (χ4v) is 3.10. The standard InChI is InChI=1S/C17H21NO4/c1-5-16(21-4)17(22-11-19)14(12(2)13(3)20)10-18-9-7-6-8-15(17)18/h5-12,15H,1-4H3/b16-5+. The van der Waals surface area contributed by atoms with Crippen LogP contribution in [0, 0.1) is 5.92 Å². The Morgan fingerprint density at radius 2 is 2.18 bits per heavy atom. The molecule has 118 valence electrons. The maximum Gasteiger partial charge on any atom is 0.294 e. The molecule has 5 heteroatoms. The lowest BCUT2D eigenvalue weighted by Gasteiger charge is -2.39. The van der Waals surface area contributed by atoms with Gasteiger partial charge in [-0.2, -0.15) is 0 Å². The predicted octanol–water partition coefficient (Wildman–Crippen LogP) is 2.33. The van der Waals surface area contributed by atoms with E-state index in [1.165, 1.54) is 14.0 Å². The van der Waals surface area contributed by atoms with Gasteiger partial charge in [0.15, 0.2) is 0 Å². The van der Waals surface area contributed by atoms with Gasteiger partial charge in [0.25, 0.3) is 6.47 Å². The summed E-state index contributed by atoms with van der Waals surface area (Å²) in [4.78, 5) is 25.1. The fourth-order valence-electron chi connectivity index (χ4n) is 3.10. The number of fused-ring (bicyclic) bond motifs is 1. The lowest BCUT2D eigenvalue weighted by atomic mass is 9.79. The number of hydrogen-bond acceptors (Lipinski definition) is 5. The molecule has 22 heavy (non-hydrogen) atoms. The minimum Gasteiger partial charge on any atom is -0.497 e. The van der Waals surface area contributed by atoms with Crippen molar-refractivity contribution in [2.75, 3.05) is 7.11 Å². The molecule has 3 unspecified atom stereocenters. The highest BCUT2D eigenvalue weighted by Gasteiger charge is 2.56. The summed E-state index contributed by atoms with van der Waals surface area (Å²) in [6, 6.07) is -0.273. The first-order chi connectivity index (χ1) is 10.5. The lowest BCUT2D eigenvalue weighted by Crippen LogP contribution is -2.50. The number of carbonyl (C=O) groups is 2. The Bertz CT molecular complexity index is 587. The van der Waals surface area contributed by atoms with Gasteiger partial charge in [-0.1, -0.05) is 19.1 Å². The molecule has 0 saturated heterocycles. The van der Waals surface area contributed by atoms with E-state index in [4.69, 9.17) is 9.47 Å². The van der Waals surface area contributed by atoms with Crippen LogP contribution in [0.3, 0.4) is 0 Å².